The Morgan fingerprint density at radius 2 is 2.16 bits per heavy atom. The predicted molar refractivity (Wildman–Crippen MR) is 73.8 cm³/mol. The molecule has 1 amide bonds. The number of rotatable bonds is 5. The Balaban J connectivity index is 2.34. The Labute approximate surface area is 113 Å². The van der Waals surface area contributed by atoms with Crippen LogP contribution in [0.15, 0.2) is 12.4 Å². The van der Waals surface area contributed by atoms with Gasteiger partial charge in [-0.15, -0.1) is 0 Å². The first kappa shape index (κ1) is 13.7. The van der Waals surface area contributed by atoms with Gasteiger partial charge in [-0.3, -0.25) is 4.79 Å². The highest BCUT2D eigenvalue weighted by Crippen LogP contribution is 2.32. The van der Waals surface area contributed by atoms with Crippen molar-refractivity contribution in [2.24, 2.45) is 17.4 Å². The van der Waals surface area contributed by atoms with Crippen molar-refractivity contribution in [3.05, 3.63) is 18.1 Å². The molecule has 1 aliphatic rings. The van der Waals surface area contributed by atoms with Gasteiger partial charge in [-0.1, -0.05) is 6.42 Å². The molecule has 1 fully saturated rings. The molecule has 6 nitrogen and oxygen atoms in total. The van der Waals surface area contributed by atoms with E-state index in [0.29, 0.717) is 24.3 Å². The van der Waals surface area contributed by atoms with Gasteiger partial charge in [-0.25, -0.2) is 9.97 Å². The average molecular weight is 263 g/mol. The number of primary amides is 1. The van der Waals surface area contributed by atoms with E-state index in [1.165, 1.54) is 6.20 Å². The molecule has 1 aliphatic carbocycles. The Morgan fingerprint density at radius 3 is 2.79 bits per heavy atom. The first-order valence-electron chi connectivity index (χ1n) is 6.76. The van der Waals surface area contributed by atoms with Crippen molar-refractivity contribution in [1.82, 2.24) is 9.97 Å². The summed E-state index contributed by atoms with van der Waals surface area (Å²) in [6.07, 6.45) is 6.45. The van der Waals surface area contributed by atoms with Crippen LogP contribution < -0.4 is 16.4 Å². The number of aromatic nitrogens is 2. The van der Waals surface area contributed by atoms with Gasteiger partial charge >= 0.3 is 0 Å². The standard InChI is InChI=1S/C13H21N5O/c1-2-18(10-5-3-4-9(10)8-14)13-11(12(15)19)16-6-7-17-13/h6-7,9-10H,2-5,8,14H2,1H3,(H2,15,19). The number of hydrogen-bond acceptors (Lipinski definition) is 5. The SMILES string of the molecule is CCN(c1nccnc1C(N)=O)C1CCCC1CN. The molecule has 0 aliphatic heterocycles. The maximum absolute atomic E-state index is 11.5. The summed E-state index contributed by atoms with van der Waals surface area (Å²) in [5, 5.41) is 0. The fourth-order valence-electron chi connectivity index (χ4n) is 2.96. The monoisotopic (exact) mass is 263 g/mol. The second kappa shape index (κ2) is 5.97. The molecule has 2 rings (SSSR count). The molecule has 1 aromatic rings. The van der Waals surface area contributed by atoms with Gasteiger partial charge in [0.1, 0.15) is 0 Å². The van der Waals surface area contributed by atoms with Crippen molar-refractivity contribution in [1.29, 1.82) is 0 Å². The van der Waals surface area contributed by atoms with Crippen molar-refractivity contribution in [2.45, 2.75) is 32.2 Å². The number of nitrogens with two attached hydrogens (primary N) is 2. The van der Waals surface area contributed by atoms with Crippen LogP contribution in [0, 0.1) is 5.92 Å². The lowest BCUT2D eigenvalue weighted by Crippen LogP contribution is -2.42. The first-order chi connectivity index (χ1) is 9.19. The summed E-state index contributed by atoms with van der Waals surface area (Å²) in [5.41, 5.74) is 11.5. The molecule has 0 saturated heterocycles. The summed E-state index contributed by atoms with van der Waals surface area (Å²) in [6, 6.07) is 0.324. The molecular formula is C13H21N5O. The molecule has 1 heterocycles. The number of hydrogen-bond donors (Lipinski definition) is 2. The summed E-state index contributed by atoms with van der Waals surface area (Å²) < 4.78 is 0. The third-order valence-electron chi connectivity index (χ3n) is 3.85. The van der Waals surface area contributed by atoms with Crippen LogP contribution in [0.2, 0.25) is 0 Å². The van der Waals surface area contributed by atoms with Crippen molar-refractivity contribution >= 4 is 11.7 Å². The summed E-state index contributed by atoms with van der Waals surface area (Å²) in [5.74, 6) is 0.495. The third-order valence-corrected chi connectivity index (χ3v) is 3.85. The predicted octanol–water partition coefficient (Wildman–Crippen LogP) is 0.529. The zero-order valence-electron chi connectivity index (χ0n) is 11.2. The van der Waals surface area contributed by atoms with E-state index in [1.807, 2.05) is 6.92 Å². The molecule has 2 unspecified atom stereocenters. The number of anilines is 1. The number of carbonyl (C=O) groups is 1. The van der Waals surface area contributed by atoms with Crippen molar-refractivity contribution < 1.29 is 4.79 Å². The van der Waals surface area contributed by atoms with Crippen LogP contribution in [0.25, 0.3) is 0 Å². The summed E-state index contributed by atoms with van der Waals surface area (Å²) in [7, 11) is 0. The molecule has 1 saturated carbocycles. The molecule has 0 aromatic carbocycles. The van der Waals surface area contributed by atoms with E-state index in [9.17, 15) is 4.79 Å². The second-order valence-corrected chi connectivity index (χ2v) is 4.87. The minimum atomic E-state index is -0.538. The maximum Gasteiger partial charge on any atom is 0.271 e. The number of carbonyl (C=O) groups excluding carboxylic acids is 1. The Morgan fingerprint density at radius 1 is 1.42 bits per heavy atom. The highest BCUT2D eigenvalue weighted by molar-refractivity contribution is 5.95. The Kier molecular flexibility index (Phi) is 4.31. The van der Waals surface area contributed by atoms with Gasteiger partial charge in [0.25, 0.3) is 5.91 Å². The van der Waals surface area contributed by atoms with E-state index in [1.54, 1.807) is 6.20 Å². The topological polar surface area (TPSA) is 98.1 Å². The zero-order valence-corrected chi connectivity index (χ0v) is 11.2. The molecule has 0 bridgehead atoms. The Hall–Kier alpha value is -1.69. The van der Waals surface area contributed by atoms with Crippen molar-refractivity contribution in [3.63, 3.8) is 0 Å². The molecule has 4 N–H and O–H groups in total. The minimum Gasteiger partial charge on any atom is -0.364 e. The van der Waals surface area contributed by atoms with Crippen LogP contribution in [0.3, 0.4) is 0 Å². The smallest absolute Gasteiger partial charge is 0.271 e. The lowest BCUT2D eigenvalue weighted by molar-refractivity contribution is 0.0995. The highest BCUT2D eigenvalue weighted by atomic mass is 16.1. The van der Waals surface area contributed by atoms with E-state index in [-0.39, 0.29) is 5.69 Å². The van der Waals surface area contributed by atoms with Gasteiger partial charge in [-0.2, -0.15) is 0 Å². The molecule has 19 heavy (non-hydrogen) atoms. The molecular weight excluding hydrogens is 242 g/mol. The van der Waals surface area contributed by atoms with Crippen LogP contribution >= 0.6 is 0 Å². The number of amides is 1. The van der Waals surface area contributed by atoms with Crippen LogP contribution in [-0.4, -0.2) is 35.0 Å². The molecule has 1 aromatic heterocycles. The van der Waals surface area contributed by atoms with Gasteiger partial charge in [0.2, 0.25) is 0 Å². The fraction of sp³-hybridized carbons (Fsp3) is 0.615. The lowest BCUT2D eigenvalue weighted by atomic mass is 10.0. The van der Waals surface area contributed by atoms with Crippen LogP contribution in [0.5, 0.6) is 0 Å². The molecule has 0 spiro atoms. The maximum atomic E-state index is 11.5. The first-order valence-corrected chi connectivity index (χ1v) is 6.76. The molecule has 0 radical (unpaired) electrons. The van der Waals surface area contributed by atoms with Crippen LogP contribution in [0.4, 0.5) is 5.82 Å². The second-order valence-electron chi connectivity index (χ2n) is 4.87. The largest absolute Gasteiger partial charge is 0.364 e. The summed E-state index contributed by atoms with van der Waals surface area (Å²) in [6.45, 7) is 3.47. The van der Waals surface area contributed by atoms with E-state index in [4.69, 9.17) is 11.5 Å². The molecule has 104 valence electrons. The van der Waals surface area contributed by atoms with E-state index in [2.05, 4.69) is 14.9 Å². The van der Waals surface area contributed by atoms with Gasteiger partial charge in [0.05, 0.1) is 0 Å². The van der Waals surface area contributed by atoms with Crippen LogP contribution in [0.1, 0.15) is 36.7 Å². The number of nitrogens with zero attached hydrogens (tertiary/aromatic N) is 3. The molecule has 6 heteroatoms. The normalized spacial score (nSPS) is 22.4. The summed E-state index contributed by atoms with van der Waals surface area (Å²) in [4.78, 5) is 22.0. The lowest BCUT2D eigenvalue weighted by Gasteiger charge is -2.33. The minimum absolute atomic E-state index is 0.243. The van der Waals surface area contributed by atoms with Crippen molar-refractivity contribution in [3.8, 4) is 0 Å². The van der Waals surface area contributed by atoms with Gasteiger partial charge in [-0.05, 0) is 32.2 Å². The Bertz CT molecular complexity index is 450. The van der Waals surface area contributed by atoms with Gasteiger partial charge < -0.3 is 16.4 Å². The molecule has 2 atom stereocenters. The van der Waals surface area contributed by atoms with E-state index < -0.39 is 5.91 Å². The summed E-state index contributed by atoms with van der Waals surface area (Å²) >= 11 is 0. The van der Waals surface area contributed by atoms with E-state index >= 15 is 0 Å². The van der Waals surface area contributed by atoms with Gasteiger partial charge in [0, 0.05) is 25.0 Å². The third kappa shape index (κ3) is 2.68. The quantitative estimate of drug-likeness (QED) is 0.807. The zero-order chi connectivity index (χ0) is 13.8. The highest BCUT2D eigenvalue weighted by Gasteiger charge is 2.32. The fourth-order valence-corrected chi connectivity index (χ4v) is 2.96. The van der Waals surface area contributed by atoms with Gasteiger partial charge in [0.15, 0.2) is 11.5 Å². The van der Waals surface area contributed by atoms with Crippen LogP contribution in [-0.2, 0) is 0 Å². The average Bonchev–Trinajstić information content (AvgIpc) is 2.88. The van der Waals surface area contributed by atoms with E-state index in [0.717, 1.165) is 25.8 Å². The van der Waals surface area contributed by atoms with Crippen molar-refractivity contribution in [2.75, 3.05) is 18.0 Å².